The zero-order valence-electron chi connectivity index (χ0n) is 12.4. The lowest BCUT2D eigenvalue weighted by Gasteiger charge is -2.31. The van der Waals surface area contributed by atoms with Gasteiger partial charge in [0.25, 0.3) is 0 Å². The normalized spacial score (nSPS) is 20.5. The molecule has 1 aliphatic heterocycles. The van der Waals surface area contributed by atoms with Crippen LogP contribution in [-0.4, -0.2) is 46.5 Å². The first-order chi connectivity index (χ1) is 9.17. The van der Waals surface area contributed by atoms with E-state index in [9.17, 15) is 0 Å². The molecule has 0 aliphatic carbocycles. The van der Waals surface area contributed by atoms with Gasteiger partial charge in [0, 0.05) is 35.9 Å². The molecule has 106 valence electrons. The van der Waals surface area contributed by atoms with Gasteiger partial charge in [-0.3, -0.25) is 4.90 Å². The van der Waals surface area contributed by atoms with E-state index in [1.807, 2.05) is 11.8 Å². The molecule has 1 N–H and O–H groups in total. The van der Waals surface area contributed by atoms with Crippen molar-refractivity contribution in [3.05, 3.63) is 17.1 Å². The Bertz CT molecular complexity index is 436. The Morgan fingerprint density at radius 1 is 1.37 bits per heavy atom. The third-order valence-electron chi connectivity index (χ3n) is 3.62. The fraction of sp³-hybridized carbons (Fsp3) is 0.714. The van der Waals surface area contributed by atoms with Crippen molar-refractivity contribution in [3.8, 4) is 0 Å². The Morgan fingerprint density at radius 2 is 2.16 bits per heavy atom. The van der Waals surface area contributed by atoms with Crippen LogP contribution in [0.4, 0.5) is 5.82 Å². The Hall–Kier alpha value is -0.810. The summed E-state index contributed by atoms with van der Waals surface area (Å²) in [6.45, 7) is 8.39. The van der Waals surface area contributed by atoms with Crippen LogP contribution in [0.5, 0.6) is 0 Å². The number of thioether (sulfide) groups is 1. The second kappa shape index (κ2) is 6.57. The van der Waals surface area contributed by atoms with Crippen LogP contribution in [0.1, 0.15) is 37.0 Å². The summed E-state index contributed by atoms with van der Waals surface area (Å²) in [5, 5.41) is 3.39. The predicted molar refractivity (Wildman–Crippen MR) is 83.0 cm³/mol. The molecule has 2 rings (SSSR count). The minimum Gasteiger partial charge on any atom is -0.370 e. The lowest BCUT2D eigenvalue weighted by atomic mass is 10.1. The topological polar surface area (TPSA) is 41.1 Å². The number of aryl methyl sites for hydroxylation is 1. The predicted octanol–water partition coefficient (Wildman–Crippen LogP) is 2.50. The molecule has 19 heavy (non-hydrogen) atoms. The third kappa shape index (κ3) is 3.20. The minimum atomic E-state index is 0.348. The maximum Gasteiger partial charge on any atom is 0.148 e. The highest BCUT2D eigenvalue weighted by molar-refractivity contribution is 7.99. The molecule has 1 aliphatic rings. The van der Waals surface area contributed by atoms with E-state index < -0.39 is 0 Å². The van der Waals surface area contributed by atoms with Gasteiger partial charge in [0.15, 0.2) is 0 Å². The Morgan fingerprint density at radius 3 is 2.79 bits per heavy atom. The highest BCUT2D eigenvalue weighted by Crippen LogP contribution is 2.28. The van der Waals surface area contributed by atoms with Crippen molar-refractivity contribution >= 4 is 17.6 Å². The molecule has 0 amide bonds. The average molecular weight is 280 g/mol. The second-order valence-electron chi connectivity index (χ2n) is 4.95. The molecule has 1 aromatic rings. The lowest BCUT2D eigenvalue weighted by Crippen LogP contribution is -2.34. The number of nitrogens with zero attached hydrogens (tertiary/aromatic N) is 3. The lowest BCUT2D eigenvalue weighted by molar-refractivity contribution is 0.264. The van der Waals surface area contributed by atoms with E-state index in [4.69, 9.17) is 9.97 Å². The third-order valence-corrected chi connectivity index (χ3v) is 4.65. The van der Waals surface area contributed by atoms with Crippen molar-refractivity contribution in [2.45, 2.75) is 33.2 Å². The molecule has 0 radical (unpaired) electrons. The van der Waals surface area contributed by atoms with Crippen LogP contribution < -0.4 is 5.32 Å². The Kier molecular flexibility index (Phi) is 5.05. The summed E-state index contributed by atoms with van der Waals surface area (Å²) in [5.74, 6) is 4.29. The van der Waals surface area contributed by atoms with Crippen LogP contribution in [0, 0.1) is 6.92 Å². The first kappa shape index (κ1) is 14.6. The quantitative estimate of drug-likeness (QED) is 0.917. The molecule has 0 aromatic carbocycles. The summed E-state index contributed by atoms with van der Waals surface area (Å²) in [6.07, 6.45) is 0.976. The van der Waals surface area contributed by atoms with Gasteiger partial charge in [-0.25, -0.2) is 9.97 Å². The van der Waals surface area contributed by atoms with Crippen LogP contribution in [0.25, 0.3) is 0 Å². The summed E-state index contributed by atoms with van der Waals surface area (Å²) >= 11 is 1.99. The van der Waals surface area contributed by atoms with Gasteiger partial charge in [0.2, 0.25) is 0 Å². The zero-order chi connectivity index (χ0) is 13.8. The summed E-state index contributed by atoms with van der Waals surface area (Å²) in [4.78, 5) is 11.9. The van der Waals surface area contributed by atoms with E-state index in [1.165, 1.54) is 11.3 Å². The molecular weight excluding hydrogens is 256 g/mol. The summed E-state index contributed by atoms with van der Waals surface area (Å²) < 4.78 is 0. The maximum atomic E-state index is 4.79. The van der Waals surface area contributed by atoms with Crippen molar-refractivity contribution in [2.24, 2.45) is 0 Å². The molecule has 0 spiro atoms. The molecule has 4 nitrogen and oxygen atoms in total. The van der Waals surface area contributed by atoms with Gasteiger partial charge in [-0.2, -0.15) is 11.8 Å². The maximum absolute atomic E-state index is 4.79. The largest absolute Gasteiger partial charge is 0.370 e. The minimum absolute atomic E-state index is 0.348. The molecule has 0 saturated carbocycles. The molecule has 1 unspecified atom stereocenters. The van der Waals surface area contributed by atoms with E-state index in [0.29, 0.717) is 6.04 Å². The molecular formula is C14H24N4S. The monoisotopic (exact) mass is 280 g/mol. The molecule has 1 fully saturated rings. The first-order valence-corrected chi connectivity index (χ1v) is 8.22. The van der Waals surface area contributed by atoms with Crippen LogP contribution >= 0.6 is 11.8 Å². The van der Waals surface area contributed by atoms with Gasteiger partial charge in [0.1, 0.15) is 11.6 Å². The van der Waals surface area contributed by atoms with Crippen molar-refractivity contribution in [1.82, 2.24) is 14.9 Å². The summed E-state index contributed by atoms with van der Waals surface area (Å²) in [7, 11) is 2.17. The number of hydrogen-bond acceptors (Lipinski definition) is 5. The molecule has 1 aromatic heterocycles. The number of anilines is 1. The number of aromatic nitrogens is 2. The number of nitrogens with one attached hydrogen (secondary N) is 1. The molecule has 1 saturated heterocycles. The van der Waals surface area contributed by atoms with Gasteiger partial charge in [-0.1, -0.05) is 6.92 Å². The Labute approximate surface area is 120 Å². The SMILES string of the molecule is CCNc1nc(C2CSCCN2C)nc(C)c1CC. The van der Waals surface area contributed by atoms with Gasteiger partial charge < -0.3 is 5.32 Å². The highest BCUT2D eigenvalue weighted by atomic mass is 32.2. The number of hydrogen-bond donors (Lipinski definition) is 1. The van der Waals surface area contributed by atoms with Gasteiger partial charge >= 0.3 is 0 Å². The van der Waals surface area contributed by atoms with Crippen LogP contribution in [0.3, 0.4) is 0 Å². The van der Waals surface area contributed by atoms with E-state index in [-0.39, 0.29) is 0 Å². The summed E-state index contributed by atoms with van der Waals surface area (Å²) in [5.41, 5.74) is 2.36. The molecule has 5 heteroatoms. The van der Waals surface area contributed by atoms with Crippen LogP contribution in [0.2, 0.25) is 0 Å². The molecule has 1 atom stereocenters. The molecule has 0 bridgehead atoms. The van der Waals surface area contributed by atoms with Gasteiger partial charge in [-0.15, -0.1) is 0 Å². The van der Waals surface area contributed by atoms with E-state index in [1.54, 1.807) is 0 Å². The summed E-state index contributed by atoms with van der Waals surface area (Å²) in [6, 6.07) is 0.348. The van der Waals surface area contributed by atoms with E-state index in [2.05, 4.69) is 38.0 Å². The van der Waals surface area contributed by atoms with E-state index in [0.717, 1.165) is 42.6 Å². The van der Waals surface area contributed by atoms with Crippen LogP contribution in [-0.2, 0) is 6.42 Å². The Balaban J connectivity index is 2.35. The zero-order valence-corrected chi connectivity index (χ0v) is 13.2. The fourth-order valence-corrected chi connectivity index (χ4v) is 3.67. The second-order valence-corrected chi connectivity index (χ2v) is 6.10. The van der Waals surface area contributed by atoms with Gasteiger partial charge in [-0.05, 0) is 27.3 Å². The highest BCUT2D eigenvalue weighted by Gasteiger charge is 2.25. The van der Waals surface area contributed by atoms with E-state index >= 15 is 0 Å². The standard InChI is InChI=1S/C14H24N4S/c1-5-11-10(3)16-14(17-13(11)15-6-2)12-9-19-8-7-18(12)4/h12H,5-9H2,1-4H3,(H,15,16,17). The first-order valence-electron chi connectivity index (χ1n) is 7.06. The van der Waals surface area contributed by atoms with Crippen molar-refractivity contribution in [1.29, 1.82) is 0 Å². The molecule has 2 heterocycles. The smallest absolute Gasteiger partial charge is 0.148 e. The average Bonchev–Trinajstić information content (AvgIpc) is 2.39. The fourth-order valence-electron chi connectivity index (χ4n) is 2.46. The number of rotatable bonds is 4. The van der Waals surface area contributed by atoms with Crippen molar-refractivity contribution in [3.63, 3.8) is 0 Å². The van der Waals surface area contributed by atoms with Crippen LogP contribution in [0.15, 0.2) is 0 Å². The van der Waals surface area contributed by atoms with Crippen molar-refractivity contribution in [2.75, 3.05) is 37.0 Å². The van der Waals surface area contributed by atoms with Gasteiger partial charge in [0.05, 0.1) is 6.04 Å². The van der Waals surface area contributed by atoms with Crippen molar-refractivity contribution < 1.29 is 0 Å².